The number of para-hydroxylation sites is 1. The lowest BCUT2D eigenvalue weighted by atomic mass is 9.86. The van der Waals surface area contributed by atoms with Crippen molar-refractivity contribution in [3.8, 4) is 0 Å². The number of benzene rings is 1. The Labute approximate surface area is 113 Å². The Morgan fingerprint density at radius 3 is 2.63 bits per heavy atom. The second-order valence-electron chi connectivity index (χ2n) is 5.91. The molecule has 1 heterocycles. The molecular formula is C16H19NO2. The predicted molar refractivity (Wildman–Crippen MR) is 74.3 cm³/mol. The summed E-state index contributed by atoms with van der Waals surface area (Å²) in [5.74, 6) is 0.348. The number of hydrogen-bond donors (Lipinski definition) is 0. The van der Waals surface area contributed by atoms with E-state index < -0.39 is 0 Å². The first-order valence-corrected chi connectivity index (χ1v) is 7.06. The number of carbonyl (C=O) groups is 2. The molecule has 1 amide bonds. The van der Waals surface area contributed by atoms with Crippen LogP contribution in [0.3, 0.4) is 0 Å². The summed E-state index contributed by atoms with van der Waals surface area (Å²) in [5, 5.41) is 0. The minimum atomic E-state index is -0.229. The zero-order valence-corrected chi connectivity index (χ0v) is 11.3. The topological polar surface area (TPSA) is 37.4 Å². The molecule has 1 aromatic carbocycles. The molecule has 3 heteroatoms. The van der Waals surface area contributed by atoms with Crippen molar-refractivity contribution in [2.45, 2.75) is 39.0 Å². The van der Waals surface area contributed by atoms with E-state index in [0.717, 1.165) is 31.4 Å². The van der Waals surface area contributed by atoms with Crippen molar-refractivity contribution in [1.29, 1.82) is 0 Å². The van der Waals surface area contributed by atoms with Crippen molar-refractivity contribution in [3.05, 3.63) is 29.8 Å². The molecule has 19 heavy (non-hydrogen) atoms. The van der Waals surface area contributed by atoms with Gasteiger partial charge in [-0.1, -0.05) is 31.9 Å². The van der Waals surface area contributed by atoms with Crippen molar-refractivity contribution in [2.24, 2.45) is 5.41 Å². The fourth-order valence-electron chi connectivity index (χ4n) is 3.32. The first-order chi connectivity index (χ1) is 9.12. The average Bonchev–Trinajstić information content (AvgIpc) is 2.87. The summed E-state index contributed by atoms with van der Waals surface area (Å²) in [6, 6.07) is 7.48. The molecule has 1 saturated carbocycles. The lowest BCUT2D eigenvalue weighted by Gasteiger charge is -2.35. The quantitative estimate of drug-likeness (QED) is 0.774. The number of hydrogen-bond acceptors (Lipinski definition) is 2. The molecule has 1 aliphatic heterocycles. The van der Waals surface area contributed by atoms with Crippen LogP contribution >= 0.6 is 0 Å². The normalized spacial score (nSPS) is 21.3. The van der Waals surface area contributed by atoms with Gasteiger partial charge in [0, 0.05) is 23.9 Å². The maximum Gasteiger partial charge on any atom is 0.232 e. The highest BCUT2D eigenvalue weighted by atomic mass is 16.2. The van der Waals surface area contributed by atoms with Gasteiger partial charge >= 0.3 is 0 Å². The summed E-state index contributed by atoms with van der Waals surface area (Å²) in [6.45, 7) is 2.60. The van der Waals surface area contributed by atoms with E-state index in [2.05, 4.69) is 6.92 Å². The van der Waals surface area contributed by atoms with Gasteiger partial charge in [0.15, 0.2) is 5.78 Å². The molecule has 0 aromatic heterocycles. The lowest BCUT2D eigenvalue weighted by Crippen LogP contribution is -2.44. The molecule has 0 unspecified atom stereocenters. The van der Waals surface area contributed by atoms with Gasteiger partial charge in [0.1, 0.15) is 0 Å². The van der Waals surface area contributed by atoms with Gasteiger partial charge in [0.25, 0.3) is 0 Å². The van der Waals surface area contributed by atoms with Crippen LogP contribution in [0.25, 0.3) is 0 Å². The van der Waals surface area contributed by atoms with Gasteiger partial charge in [-0.25, -0.2) is 0 Å². The molecule has 2 aliphatic rings. The van der Waals surface area contributed by atoms with Crippen molar-refractivity contribution in [1.82, 2.24) is 0 Å². The van der Waals surface area contributed by atoms with E-state index in [-0.39, 0.29) is 17.1 Å². The number of fused-ring (bicyclic) bond motifs is 1. The Balaban J connectivity index is 1.96. The molecule has 3 rings (SSSR count). The van der Waals surface area contributed by atoms with E-state index in [0.29, 0.717) is 18.5 Å². The third-order valence-corrected chi connectivity index (χ3v) is 4.53. The van der Waals surface area contributed by atoms with Crippen molar-refractivity contribution >= 4 is 17.4 Å². The van der Waals surface area contributed by atoms with Gasteiger partial charge in [0.2, 0.25) is 5.91 Å². The second-order valence-corrected chi connectivity index (χ2v) is 5.91. The fraction of sp³-hybridized carbons (Fsp3) is 0.500. The molecule has 100 valence electrons. The van der Waals surface area contributed by atoms with E-state index in [9.17, 15) is 9.59 Å². The zero-order chi connectivity index (χ0) is 13.5. The van der Waals surface area contributed by atoms with Gasteiger partial charge in [-0.3, -0.25) is 9.59 Å². The van der Waals surface area contributed by atoms with Gasteiger partial charge in [-0.05, 0) is 25.0 Å². The first-order valence-electron chi connectivity index (χ1n) is 7.06. The molecular weight excluding hydrogens is 238 g/mol. The number of amides is 1. The summed E-state index contributed by atoms with van der Waals surface area (Å²) < 4.78 is 0. The SMILES string of the molecule is CC1(C(=O)N2CCC(=O)c3ccccc32)CCCC1. The maximum atomic E-state index is 12.8. The minimum absolute atomic E-state index is 0.149. The van der Waals surface area contributed by atoms with Crippen LogP contribution in [0.2, 0.25) is 0 Å². The third kappa shape index (κ3) is 1.97. The number of ketones is 1. The number of anilines is 1. The lowest BCUT2D eigenvalue weighted by molar-refractivity contribution is -0.127. The van der Waals surface area contributed by atoms with Crippen LogP contribution in [0.1, 0.15) is 49.4 Å². The highest BCUT2D eigenvalue weighted by Crippen LogP contribution is 2.41. The van der Waals surface area contributed by atoms with Crippen LogP contribution < -0.4 is 4.90 Å². The molecule has 0 radical (unpaired) electrons. The fourth-order valence-corrected chi connectivity index (χ4v) is 3.32. The summed E-state index contributed by atoms with van der Waals surface area (Å²) in [5.41, 5.74) is 1.27. The van der Waals surface area contributed by atoms with Crippen molar-refractivity contribution in [3.63, 3.8) is 0 Å². The van der Waals surface area contributed by atoms with E-state index in [1.165, 1.54) is 0 Å². The molecule has 3 nitrogen and oxygen atoms in total. The van der Waals surface area contributed by atoms with E-state index in [4.69, 9.17) is 0 Å². The summed E-state index contributed by atoms with van der Waals surface area (Å²) in [7, 11) is 0. The highest BCUT2D eigenvalue weighted by Gasteiger charge is 2.41. The standard InChI is InChI=1S/C16H19NO2/c1-16(9-4-5-10-16)15(19)17-11-8-14(18)12-6-2-3-7-13(12)17/h2-3,6-7H,4-5,8-11H2,1H3. The van der Waals surface area contributed by atoms with E-state index in [1.54, 1.807) is 0 Å². The maximum absolute atomic E-state index is 12.8. The van der Waals surface area contributed by atoms with Crippen molar-refractivity contribution in [2.75, 3.05) is 11.4 Å². The average molecular weight is 257 g/mol. The molecule has 0 saturated heterocycles. The molecule has 1 fully saturated rings. The van der Waals surface area contributed by atoms with Crippen LogP contribution in [-0.4, -0.2) is 18.2 Å². The number of carbonyl (C=O) groups excluding carboxylic acids is 2. The Morgan fingerprint density at radius 2 is 1.89 bits per heavy atom. The zero-order valence-electron chi connectivity index (χ0n) is 11.3. The predicted octanol–water partition coefficient (Wildman–Crippen LogP) is 3.19. The molecule has 1 aliphatic carbocycles. The molecule has 0 N–H and O–H groups in total. The van der Waals surface area contributed by atoms with Gasteiger partial charge in [-0.15, -0.1) is 0 Å². The smallest absolute Gasteiger partial charge is 0.232 e. The van der Waals surface area contributed by atoms with E-state index in [1.807, 2.05) is 29.2 Å². The molecule has 0 spiro atoms. The number of rotatable bonds is 1. The van der Waals surface area contributed by atoms with E-state index >= 15 is 0 Å². The Kier molecular flexibility index (Phi) is 2.92. The monoisotopic (exact) mass is 257 g/mol. The minimum Gasteiger partial charge on any atom is -0.311 e. The molecule has 0 atom stereocenters. The van der Waals surface area contributed by atoms with Crippen LogP contribution in [0.15, 0.2) is 24.3 Å². The van der Waals surface area contributed by atoms with Crippen LogP contribution in [0.5, 0.6) is 0 Å². The number of Topliss-reactive ketones (excluding diaryl/α,β-unsaturated/α-hetero) is 1. The summed E-state index contributed by atoms with van der Waals surface area (Å²) >= 11 is 0. The van der Waals surface area contributed by atoms with Crippen LogP contribution in [0.4, 0.5) is 5.69 Å². The summed E-state index contributed by atoms with van der Waals surface area (Å²) in [6.07, 6.45) is 4.66. The summed E-state index contributed by atoms with van der Waals surface area (Å²) in [4.78, 5) is 26.6. The third-order valence-electron chi connectivity index (χ3n) is 4.53. The van der Waals surface area contributed by atoms with Crippen molar-refractivity contribution < 1.29 is 9.59 Å². The second kappa shape index (κ2) is 4.48. The van der Waals surface area contributed by atoms with Gasteiger partial charge in [-0.2, -0.15) is 0 Å². The Morgan fingerprint density at radius 1 is 1.21 bits per heavy atom. The molecule has 1 aromatic rings. The Hall–Kier alpha value is -1.64. The largest absolute Gasteiger partial charge is 0.311 e. The highest BCUT2D eigenvalue weighted by molar-refractivity contribution is 6.09. The Bertz CT molecular complexity index is 529. The number of nitrogens with zero attached hydrogens (tertiary/aromatic N) is 1. The first kappa shape index (κ1) is 12.4. The van der Waals surface area contributed by atoms with Gasteiger partial charge in [0.05, 0.1) is 5.69 Å². The van der Waals surface area contributed by atoms with Gasteiger partial charge < -0.3 is 4.90 Å². The van der Waals surface area contributed by atoms with Crippen LogP contribution in [-0.2, 0) is 4.79 Å². The van der Waals surface area contributed by atoms with Crippen LogP contribution in [0, 0.1) is 5.41 Å². The molecule has 0 bridgehead atoms.